The quantitative estimate of drug-likeness (QED) is 0.363. The van der Waals surface area contributed by atoms with E-state index in [1.807, 2.05) is 20.0 Å². The van der Waals surface area contributed by atoms with Crippen LogP contribution in [-0.2, 0) is 20.0 Å². The number of anilines is 1. The maximum absolute atomic E-state index is 6.00. The first-order valence-electron chi connectivity index (χ1n) is 7.91. The molecule has 0 saturated heterocycles. The molecule has 0 aliphatic rings. The normalized spacial score (nSPS) is 10.9. The predicted molar refractivity (Wildman–Crippen MR) is 113 cm³/mol. The summed E-state index contributed by atoms with van der Waals surface area (Å²) in [5.41, 5.74) is 8.64. The van der Waals surface area contributed by atoms with E-state index in [4.69, 9.17) is 19.9 Å². The fourth-order valence-corrected chi connectivity index (χ4v) is 2.57. The number of hydrogen-bond donors (Lipinski definition) is 2. The second-order valence-corrected chi connectivity index (χ2v) is 5.31. The summed E-state index contributed by atoms with van der Waals surface area (Å²) in [5, 5.41) is 7.48. The van der Waals surface area contributed by atoms with Crippen molar-refractivity contribution in [3.05, 3.63) is 29.5 Å². The van der Waals surface area contributed by atoms with Crippen molar-refractivity contribution in [1.82, 2.24) is 9.78 Å². The Labute approximate surface area is 170 Å². The third-order valence-corrected chi connectivity index (χ3v) is 3.76. The van der Waals surface area contributed by atoms with Crippen LogP contribution in [0.15, 0.2) is 23.2 Å². The Kier molecular flexibility index (Phi) is 8.49. The third-order valence-electron chi connectivity index (χ3n) is 3.76. The van der Waals surface area contributed by atoms with Gasteiger partial charge in [-0.15, -0.1) is 24.0 Å². The zero-order valence-corrected chi connectivity index (χ0v) is 18.0. The fourth-order valence-electron chi connectivity index (χ4n) is 2.57. The molecule has 0 unspecified atom stereocenters. The molecule has 0 bridgehead atoms. The van der Waals surface area contributed by atoms with Gasteiger partial charge in [0.15, 0.2) is 17.5 Å². The summed E-state index contributed by atoms with van der Waals surface area (Å²) in [7, 11) is 6.64. The molecular weight excluding hydrogens is 449 g/mol. The standard InChI is InChI=1S/C17H25N5O3.HI/c1-6-13-12(16(25-5)22(2)21-13)10-19-17(18)20-11-7-8-14(23-3)15(9-11)24-4;/h7-9H,6,10H2,1-5H3,(H3,18,19,20);1H. The van der Waals surface area contributed by atoms with Gasteiger partial charge in [-0.25, -0.2) is 9.67 Å². The summed E-state index contributed by atoms with van der Waals surface area (Å²) in [6, 6.07) is 5.43. The molecule has 1 aromatic carbocycles. The summed E-state index contributed by atoms with van der Waals surface area (Å²) in [5.74, 6) is 2.25. The number of ether oxygens (including phenoxy) is 3. The number of guanidine groups is 1. The van der Waals surface area contributed by atoms with Crippen molar-refractivity contribution in [2.75, 3.05) is 26.6 Å². The lowest BCUT2D eigenvalue weighted by Crippen LogP contribution is -2.22. The van der Waals surface area contributed by atoms with Crippen molar-refractivity contribution in [3.8, 4) is 17.4 Å². The van der Waals surface area contributed by atoms with Crippen molar-refractivity contribution in [1.29, 1.82) is 0 Å². The number of nitrogens with one attached hydrogen (secondary N) is 1. The average molecular weight is 475 g/mol. The predicted octanol–water partition coefficient (Wildman–Crippen LogP) is 2.55. The second-order valence-electron chi connectivity index (χ2n) is 5.31. The molecule has 8 nitrogen and oxygen atoms in total. The molecule has 1 aromatic heterocycles. The molecule has 1 heterocycles. The van der Waals surface area contributed by atoms with Crippen molar-refractivity contribution in [2.24, 2.45) is 17.8 Å². The van der Waals surface area contributed by atoms with Crippen LogP contribution >= 0.6 is 24.0 Å². The van der Waals surface area contributed by atoms with Crippen LogP contribution in [0.2, 0.25) is 0 Å². The van der Waals surface area contributed by atoms with Gasteiger partial charge in [0, 0.05) is 18.8 Å². The van der Waals surface area contributed by atoms with Crippen LogP contribution in [0, 0.1) is 0 Å². The number of benzene rings is 1. The number of aryl methyl sites for hydroxylation is 2. The van der Waals surface area contributed by atoms with Crippen molar-refractivity contribution < 1.29 is 14.2 Å². The fraction of sp³-hybridized carbons (Fsp3) is 0.412. The lowest BCUT2D eigenvalue weighted by molar-refractivity contribution is 0.355. The highest BCUT2D eigenvalue weighted by Gasteiger charge is 2.15. The SMILES string of the molecule is CCc1nn(C)c(OC)c1CN=C(N)Nc1ccc(OC)c(OC)c1.I. The Balaban J connectivity index is 0.00000338. The molecule has 0 radical (unpaired) electrons. The highest BCUT2D eigenvalue weighted by molar-refractivity contribution is 14.0. The van der Waals surface area contributed by atoms with Gasteiger partial charge in [-0.05, 0) is 18.6 Å². The number of aliphatic imine (C=N–C) groups is 1. The first kappa shape index (κ1) is 21.9. The Morgan fingerprint density at radius 3 is 2.46 bits per heavy atom. The van der Waals surface area contributed by atoms with E-state index < -0.39 is 0 Å². The number of hydrogen-bond acceptors (Lipinski definition) is 5. The molecule has 0 saturated carbocycles. The Morgan fingerprint density at radius 2 is 1.88 bits per heavy atom. The second kappa shape index (κ2) is 10.1. The van der Waals surface area contributed by atoms with Crippen LogP contribution in [-0.4, -0.2) is 37.1 Å². The number of rotatable bonds is 7. The molecule has 0 aliphatic heterocycles. The molecule has 0 atom stereocenters. The van der Waals surface area contributed by atoms with Crippen LogP contribution in [0.25, 0.3) is 0 Å². The van der Waals surface area contributed by atoms with Crippen molar-refractivity contribution >= 4 is 35.6 Å². The minimum Gasteiger partial charge on any atom is -0.493 e. The highest BCUT2D eigenvalue weighted by Crippen LogP contribution is 2.29. The molecular formula is C17H26IN5O3. The maximum atomic E-state index is 6.00. The number of halogens is 1. The third kappa shape index (κ3) is 4.93. The Bertz CT molecular complexity index is 761. The molecule has 0 aliphatic carbocycles. The van der Waals surface area contributed by atoms with Crippen LogP contribution in [0.1, 0.15) is 18.2 Å². The van der Waals surface area contributed by atoms with E-state index in [0.29, 0.717) is 29.9 Å². The van der Waals surface area contributed by atoms with Crippen molar-refractivity contribution in [2.45, 2.75) is 19.9 Å². The Morgan fingerprint density at radius 1 is 1.19 bits per heavy atom. The summed E-state index contributed by atoms with van der Waals surface area (Å²) in [6.07, 6.45) is 0.797. The summed E-state index contributed by atoms with van der Waals surface area (Å²) < 4.78 is 17.6. The molecule has 0 fully saturated rings. The van der Waals surface area contributed by atoms with Crippen LogP contribution in [0.3, 0.4) is 0 Å². The number of nitrogens with zero attached hydrogens (tertiary/aromatic N) is 3. The van der Waals surface area contributed by atoms with E-state index in [2.05, 4.69) is 15.4 Å². The van der Waals surface area contributed by atoms with Gasteiger partial charge < -0.3 is 25.3 Å². The zero-order valence-electron chi connectivity index (χ0n) is 15.7. The number of nitrogens with two attached hydrogens (primary N) is 1. The van der Waals surface area contributed by atoms with Gasteiger partial charge in [-0.3, -0.25) is 0 Å². The Hall–Kier alpha value is -2.17. The molecule has 3 N–H and O–H groups in total. The topological polar surface area (TPSA) is 95.9 Å². The van der Waals surface area contributed by atoms with Gasteiger partial charge in [0.05, 0.1) is 39.1 Å². The highest BCUT2D eigenvalue weighted by atomic mass is 127. The molecule has 0 amide bonds. The minimum atomic E-state index is 0. The van der Waals surface area contributed by atoms with Gasteiger partial charge in [-0.1, -0.05) is 6.92 Å². The lowest BCUT2D eigenvalue weighted by Gasteiger charge is -2.11. The largest absolute Gasteiger partial charge is 0.493 e. The molecule has 2 aromatic rings. The monoisotopic (exact) mass is 475 g/mol. The lowest BCUT2D eigenvalue weighted by atomic mass is 10.2. The average Bonchev–Trinajstić information content (AvgIpc) is 2.94. The van der Waals surface area contributed by atoms with E-state index in [1.54, 1.807) is 38.1 Å². The summed E-state index contributed by atoms with van der Waals surface area (Å²) in [6.45, 7) is 2.42. The maximum Gasteiger partial charge on any atom is 0.216 e. The van der Waals surface area contributed by atoms with Gasteiger partial charge in [0.2, 0.25) is 5.88 Å². The summed E-state index contributed by atoms with van der Waals surface area (Å²) >= 11 is 0. The smallest absolute Gasteiger partial charge is 0.216 e. The molecule has 9 heteroatoms. The molecule has 2 rings (SSSR count). The van der Waals surface area contributed by atoms with Crippen LogP contribution < -0.4 is 25.3 Å². The van der Waals surface area contributed by atoms with Gasteiger partial charge in [0.1, 0.15) is 0 Å². The van der Waals surface area contributed by atoms with E-state index in [0.717, 1.165) is 23.4 Å². The number of aromatic nitrogens is 2. The van der Waals surface area contributed by atoms with E-state index in [9.17, 15) is 0 Å². The van der Waals surface area contributed by atoms with E-state index in [-0.39, 0.29) is 24.0 Å². The van der Waals surface area contributed by atoms with Crippen molar-refractivity contribution in [3.63, 3.8) is 0 Å². The summed E-state index contributed by atoms with van der Waals surface area (Å²) in [4.78, 5) is 4.40. The first-order chi connectivity index (χ1) is 12.0. The van der Waals surface area contributed by atoms with Gasteiger partial charge >= 0.3 is 0 Å². The van der Waals surface area contributed by atoms with Gasteiger partial charge in [-0.2, -0.15) is 5.10 Å². The van der Waals surface area contributed by atoms with Crippen LogP contribution in [0.5, 0.6) is 17.4 Å². The van der Waals surface area contributed by atoms with E-state index in [1.165, 1.54) is 0 Å². The first-order valence-corrected chi connectivity index (χ1v) is 7.91. The molecule has 144 valence electrons. The van der Waals surface area contributed by atoms with E-state index >= 15 is 0 Å². The molecule has 0 spiro atoms. The number of methoxy groups -OCH3 is 3. The molecule has 26 heavy (non-hydrogen) atoms. The zero-order chi connectivity index (χ0) is 18.4. The van der Waals surface area contributed by atoms with Gasteiger partial charge in [0.25, 0.3) is 0 Å². The van der Waals surface area contributed by atoms with Crippen LogP contribution in [0.4, 0.5) is 5.69 Å². The minimum absolute atomic E-state index is 0.